The van der Waals surface area contributed by atoms with Gasteiger partial charge in [0, 0.05) is 38.4 Å². The number of nitrogens with one attached hydrogen (secondary N) is 2. The Kier molecular flexibility index (Phi) is 8.14. The Morgan fingerprint density at radius 1 is 1.15 bits per heavy atom. The topological polar surface area (TPSA) is 118 Å². The third kappa shape index (κ3) is 5.32. The van der Waals surface area contributed by atoms with Gasteiger partial charge in [0.15, 0.2) is 5.65 Å². The SMILES string of the molecule is Br.CCn1ncc2c(NC3CCN(C(N)=O)CC3)c(C(=O)NCc3ccc(C)c(C)c3)cnc21. The van der Waals surface area contributed by atoms with Crippen LogP contribution in [0.4, 0.5) is 10.5 Å². The molecule has 182 valence electrons. The summed E-state index contributed by atoms with van der Waals surface area (Å²) in [4.78, 5) is 30.8. The maximum atomic E-state index is 13.2. The van der Waals surface area contributed by atoms with E-state index >= 15 is 0 Å². The second kappa shape index (κ2) is 10.9. The zero-order valence-electron chi connectivity index (χ0n) is 19.8. The smallest absolute Gasteiger partial charge is 0.314 e. The minimum atomic E-state index is -0.393. The maximum Gasteiger partial charge on any atom is 0.314 e. The fraction of sp³-hybridized carbons (Fsp3) is 0.417. The van der Waals surface area contributed by atoms with Crippen LogP contribution in [-0.4, -0.2) is 50.7 Å². The fourth-order valence-electron chi connectivity index (χ4n) is 4.23. The Bertz CT molecular complexity index is 1190. The summed E-state index contributed by atoms with van der Waals surface area (Å²) in [6, 6.07) is 5.90. The van der Waals surface area contributed by atoms with Gasteiger partial charge in [-0.15, -0.1) is 17.0 Å². The van der Waals surface area contributed by atoms with Crippen LogP contribution in [0.5, 0.6) is 0 Å². The first kappa shape index (κ1) is 25.5. The molecule has 9 nitrogen and oxygen atoms in total. The van der Waals surface area contributed by atoms with Crippen molar-refractivity contribution < 1.29 is 9.59 Å². The highest BCUT2D eigenvalue weighted by atomic mass is 79.9. The average molecular weight is 530 g/mol. The highest BCUT2D eigenvalue weighted by Gasteiger charge is 2.25. The molecular formula is C24H32BrN7O2. The third-order valence-corrected chi connectivity index (χ3v) is 6.39. The molecule has 3 heterocycles. The molecule has 0 unspecified atom stereocenters. The summed E-state index contributed by atoms with van der Waals surface area (Å²) in [5.41, 5.74) is 10.8. The van der Waals surface area contributed by atoms with Crippen molar-refractivity contribution in [2.75, 3.05) is 18.4 Å². The lowest BCUT2D eigenvalue weighted by Gasteiger charge is -2.32. The number of piperidine rings is 1. The number of urea groups is 1. The van der Waals surface area contributed by atoms with Crippen molar-refractivity contribution >= 4 is 45.6 Å². The molecule has 1 aliphatic rings. The Labute approximate surface area is 209 Å². The number of benzene rings is 1. The summed E-state index contributed by atoms with van der Waals surface area (Å²) < 4.78 is 1.81. The molecule has 1 aliphatic heterocycles. The lowest BCUT2D eigenvalue weighted by Crippen LogP contribution is -2.44. The van der Waals surface area contributed by atoms with Crippen LogP contribution < -0.4 is 16.4 Å². The second-order valence-corrected chi connectivity index (χ2v) is 8.59. The van der Waals surface area contributed by atoms with E-state index in [4.69, 9.17) is 5.73 Å². The van der Waals surface area contributed by atoms with Crippen LogP contribution in [0.3, 0.4) is 0 Å². The third-order valence-electron chi connectivity index (χ3n) is 6.39. The zero-order valence-corrected chi connectivity index (χ0v) is 21.5. The van der Waals surface area contributed by atoms with Gasteiger partial charge in [0.25, 0.3) is 5.91 Å². The molecular weight excluding hydrogens is 498 g/mol. The number of likely N-dealkylation sites (tertiary alicyclic amines) is 1. The van der Waals surface area contributed by atoms with E-state index in [1.54, 1.807) is 17.3 Å². The van der Waals surface area contributed by atoms with Crippen molar-refractivity contribution in [1.29, 1.82) is 0 Å². The quantitative estimate of drug-likeness (QED) is 0.451. The molecule has 34 heavy (non-hydrogen) atoms. The van der Waals surface area contributed by atoms with Crippen molar-refractivity contribution in [2.45, 2.75) is 52.7 Å². The zero-order chi connectivity index (χ0) is 23.5. The number of hydrogen-bond acceptors (Lipinski definition) is 5. The Balaban J connectivity index is 0.00000324. The number of aryl methyl sites for hydroxylation is 3. The van der Waals surface area contributed by atoms with Gasteiger partial charge in [0.1, 0.15) is 0 Å². The van der Waals surface area contributed by atoms with Crippen LogP contribution in [0.1, 0.15) is 46.8 Å². The number of primary amides is 1. The van der Waals surface area contributed by atoms with Gasteiger partial charge in [-0.2, -0.15) is 5.10 Å². The van der Waals surface area contributed by atoms with Crippen LogP contribution in [0, 0.1) is 13.8 Å². The first-order chi connectivity index (χ1) is 15.9. The highest BCUT2D eigenvalue weighted by molar-refractivity contribution is 8.93. The van der Waals surface area contributed by atoms with Gasteiger partial charge >= 0.3 is 6.03 Å². The predicted octanol–water partition coefficient (Wildman–Crippen LogP) is 3.53. The number of aromatic nitrogens is 3. The maximum absolute atomic E-state index is 13.2. The van der Waals surface area contributed by atoms with Gasteiger partial charge in [0.05, 0.1) is 22.8 Å². The number of amides is 3. The van der Waals surface area contributed by atoms with Crippen molar-refractivity contribution in [3.8, 4) is 0 Å². The van der Waals surface area contributed by atoms with Crippen LogP contribution in [0.15, 0.2) is 30.6 Å². The number of carbonyl (C=O) groups is 2. The van der Waals surface area contributed by atoms with E-state index in [-0.39, 0.29) is 28.9 Å². The van der Waals surface area contributed by atoms with Gasteiger partial charge in [-0.1, -0.05) is 18.2 Å². The molecule has 4 rings (SSSR count). The summed E-state index contributed by atoms with van der Waals surface area (Å²) in [5.74, 6) is -0.191. The molecule has 0 aliphatic carbocycles. The van der Waals surface area contributed by atoms with Crippen LogP contribution in [0.25, 0.3) is 11.0 Å². The van der Waals surface area contributed by atoms with Crippen molar-refractivity contribution in [2.24, 2.45) is 5.73 Å². The number of pyridine rings is 1. The van der Waals surface area contributed by atoms with Gasteiger partial charge < -0.3 is 21.3 Å². The number of hydrogen-bond donors (Lipinski definition) is 3. The molecule has 3 aromatic rings. The molecule has 0 bridgehead atoms. The Morgan fingerprint density at radius 2 is 1.88 bits per heavy atom. The molecule has 1 aromatic carbocycles. The number of rotatable bonds is 6. The monoisotopic (exact) mass is 529 g/mol. The highest BCUT2D eigenvalue weighted by Crippen LogP contribution is 2.28. The van der Waals surface area contributed by atoms with Crippen LogP contribution >= 0.6 is 17.0 Å². The number of halogens is 1. The molecule has 1 saturated heterocycles. The lowest BCUT2D eigenvalue weighted by molar-refractivity contribution is 0.0951. The van der Waals surface area contributed by atoms with Gasteiger partial charge in [-0.3, -0.25) is 4.79 Å². The number of fused-ring (bicyclic) bond motifs is 1. The number of carbonyl (C=O) groups excluding carboxylic acids is 2. The van der Waals surface area contributed by atoms with E-state index in [1.807, 2.05) is 17.7 Å². The van der Waals surface area contributed by atoms with E-state index < -0.39 is 6.03 Å². The molecule has 0 atom stereocenters. The van der Waals surface area contributed by atoms with Crippen molar-refractivity contribution in [3.63, 3.8) is 0 Å². The molecule has 10 heteroatoms. The van der Waals surface area contributed by atoms with Gasteiger partial charge in [0.2, 0.25) is 0 Å². The molecule has 2 aromatic heterocycles. The fourth-order valence-corrected chi connectivity index (χ4v) is 4.23. The van der Waals surface area contributed by atoms with Gasteiger partial charge in [-0.05, 0) is 50.3 Å². The van der Waals surface area contributed by atoms with Crippen LogP contribution in [-0.2, 0) is 13.1 Å². The largest absolute Gasteiger partial charge is 0.381 e. The molecule has 1 fully saturated rings. The number of nitrogens with two attached hydrogens (primary N) is 1. The van der Waals surface area contributed by atoms with E-state index in [1.165, 1.54) is 11.1 Å². The first-order valence-electron chi connectivity index (χ1n) is 11.4. The van der Waals surface area contributed by atoms with E-state index in [0.29, 0.717) is 31.7 Å². The predicted molar refractivity (Wildman–Crippen MR) is 138 cm³/mol. The van der Waals surface area contributed by atoms with Crippen molar-refractivity contribution in [1.82, 2.24) is 25.0 Å². The van der Waals surface area contributed by atoms with Gasteiger partial charge in [-0.25, -0.2) is 14.5 Å². The Hall–Kier alpha value is -3.14. The van der Waals surface area contributed by atoms with Crippen molar-refractivity contribution in [3.05, 3.63) is 52.8 Å². The summed E-state index contributed by atoms with van der Waals surface area (Å²) in [6.45, 7) is 8.43. The first-order valence-corrected chi connectivity index (χ1v) is 11.4. The summed E-state index contributed by atoms with van der Waals surface area (Å²) >= 11 is 0. The number of nitrogens with zero attached hydrogens (tertiary/aromatic N) is 4. The minimum Gasteiger partial charge on any atom is -0.381 e. The molecule has 0 saturated carbocycles. The minimum absolute atomic E-state index is 0. The normalized spacial score (nSPS) is 14.0. The molecule has 4 N–H and O–H groups in total. The summed E-state index contributed by atoms with van der Waals surface area (Å²) in [7, 11) is 0. The van der Waals surface area contributed by atoms with E-state index in [9.17, 15) is 9.59 Å². The number of anilines is 1. The van der Waals surface area contributed by atoms with Crippen LogP contribution in [0.2, 0.25) is 0 Å². The van der Waals surface area contributed by atoms with E-state index in [0.717, 1.165) is 35.1 Å². The standard InChI is InChI=1S/C24H31N7O2.BrH/c1-4-31-22-19(14-28-31)21(29-18-7-9-30(10-8-18)24(25)33)20(13-26-22)23(32)27-12-17-6-5-15(2)16(3)11-17;/h5-6,11,13-14,18H,4,7-10,12H2,1-3H3,(H2,25,33)(H,26,29)(H,27,32);1H. The second-order valence-electron chi connectivity index (χ2n) is 8.59. The average Bonchev–Trinajstić information content (AvgIpc) is 3.24. The summed E-state index contributed by atoms with van der Waals surface area (Å²) in [6.07, 6.45) is 4.87. The Morgan fingerprint density at radius 3 is 2.53 bits per heavy atom. The summed E-state index contributed by atoms with van der Waals surface area (Å²) in [5, 5.41) is 11.8. The lowest BCUT2D eigenvalue weighted by atomic mass is 10.0. The molecule has 0 radical (unpaired) electrons. The molecule has 3 amide bonds. The molecule has 0 spiro atoms. The van der Waals surface area contributed by atoms with E-state index in [2.05, 4.69) is 46.7 Å².